The van der Waals surface area contributed by atoms with Crippen molar-refractivity contribution >= 4 is 39.3 Å². The molecule has 0 aliphatic carbocycles. The monoisotopic (exact) mass is 657 g/mol. The summed E-state index contributed by atoms with van der Waals surface area (Å²) in [5, 5.41) is 3.03. The van der Waals surface area contributed by atoms with Crippen LogP contribution in [0.3, 0.4) is 0 Å². The number of nitrogens with zero attached hydrogens (tertiary/aromatic N) is 2. The molecule has 0 aromatic heterocycles. The Morgan fingerprint density at radius 1 is 0.804 bits per heavy atom. The predicted octanol–water partition coefficient (Wildman–Crippen LogP) is 6.78. The maximum Gasteiger partial charge on any atom is 0.264 e. The molecule has 0 unspecified atom stereocenters. The fourth-order valence-electron chi connectivity index (χ4n) is 5.07. The van der Waals surface area contributed by atoms with E-state index in [-0.39, 0.29) is 23.8 Å². The number of rotatable bonds is 15. The third-order valence-electron chi connectivity index (χ3n) is 7.82. The Morgan fingerprint density at radius 2 is 1.41 bits per heavy atom. The fourth-order valence-corrected chi connectivity index (χ4v) is 6.89. The molecule has 7 nitrogen and oxygen atoms in total. The highest BCUT2D eigenvalue weighted by atomic mass is 32.2. The number of amides is 2. The number of carbonyl (C=O) groups is 2. The van der Waals surface area contributed by atoms with Crippen molar-refractivity contribution in [2.24, 2.45) is 0 Å². The molecule has 4 aromatic rings. The van der Waals surface area contributed by atoms with Gasteiger partial charge in [0.1, 0.15) is 12.6 Å². The van der Waals surface area contributed by atoms with E-state index in [0.717, 1.165) is 44.3 Å². The molecular formula is C37H43N3O4S2. The molecular weight excluding hydrogens is 615 g/mol. The number of thioether (sulfide) groups is 1. The largest absolute Gasteiger partial charge is 0.354 e. The Labute approximate surface area is 278 Å². The molecule has 0 heterocycles. The molecule has 4 rings (SSSR count). The van der Waals surface area contributed by atoms with Crippen LogP contribution in [0.1, 0.15) is 42.0 Å². The van der Waals surface area contributed by atoms with Crippen LogP contribution in [0.5, 0.6) is 0 Å². The molecule has 0 radical (unpaired) electrons. The summed E-state index contributed by atoms with van der Waals surface area (Å²) in [6.45, 7) is 6.11. The fraction of sp³-hybridized carbons (Fsp3) is 0.297. The average Bonchev–Trinajstić information content (AvgIpc) is 3.07. The minimum absolute atomic E-state index is 0.0851. The number of aryl methyl sites for hydroxylation is 2. The van der Waals surface area contributed by atoms with Gasteiger partial charge in [-0.3, -0.25) is 13.9 Å². The molecule has 46 heavy (non-hydrogen) atoms. The normalized spacial score (nSPS) is 11.9. The quantitative estimate of drug-likeness (QED) is 0.113. The number of nitrogens with one attached hydrogen (secondary N) is 1. The van der Waals surface area contributed by atoms with Crippen molar-refractivity contribution in [1.29, 1.82) is 0 Å². The zero-order chi connectivity index (χ0) is 33.1. The van der Waals surface area contributed by atoms with Gasteiger partial charge in [-0.15, -0.1) is 11.8 Å². The number of benzene rings is 4. The van der Waals surface area contributed by atoms with Gasteiger partial charge in [-0.05, 0) is 74.0 Å². The molecule has 2 amide bonds. The third kappa shape index (κ3) is 9.23. The number of anilines is 1. The summed E-state index contributed by atoms with van der Waals surface area (Å²) in [7, 11) is -4.15. The van der Waals surface area contributed by atoms with Gasteiger partial charge in [0.2, 0.25) is 11.8 Å². The predicted molar refractivity (Wildman–Crippen MR) is 188 cm³/mol. The summed E-state index contributed by atoms with van der Waals surface area (Å²) < 4.78 is 29.6. The lowest BCUT2D eigenvalue weighted by Gasteiger charge is -2.34. The van der Waals surface area contributed by atoms with Crippen LogP contribution in [0.2, 0.25) is 0 Å². The van der Waals surface area contributed by atoms with E-state index in [4.69, 9.17) is 0 Å². The van der Waals surface area contributed by atoms with Gasteiger partial charge in [-0.2, -0.15) is 0 Å². The summed E-state index contributed by atoms with van der Waals surface area (Å²) in [4.78, 5) is 30.9. The van der Waals surface area contributed by atoms with Gasteiger partial charge in [-0.1, -0.05) is 91.2 Å². The van der Waals surface area contributed by atoms with Crippen LogP contribution in [-0.4, -0.2) is 50.5 Å². The average molecular weight is 658 g/mol. The summed E-state index contributed by atoms with van der Waals surface area (Å²) in [5.74, 6) is -0.743. The van der Waals surface area contributed by atoms with Crippen molar-refractivity contribution in [3.63, 3.8) is 0 Å². The molecule has 9 heteroatoms. The molecule has 0 aliphatic heterocycles. The molecule has 0 saturated carbocycles. The minimum atomic E-state index is -4.15. The molecule has 1 N–H and O–H groups in total. The number of carbonyl (C=O) groups excluding carboxylic acids is 2. The number of hydrogen-bond acceptors (Lipinski definition) is 5. The van der Waals surface area contributed by atoms with Gasteiger partial charge in [0.15, 0.2) is 0 Å². The van der Waals surface area contributed by atoms with Crippen LogP contribution in [0.25, 0.3) is 0 Å². The maximum absolute atomic E-state index is 14.5. The van der Waals surface area contributed by atoms with E-state index in [1.807, 2.05) is 86.8 Å². The second-order valence-electron chi connectivity index (χ2n) is 11.4. The Bertz CT molecular complexity index is 1680. The summed E-state index contributed by atoms with van der Waals surface area (Å²) in [6, 6.07) is 30.2. The van der Waals surface area contributed by atoms with Crippen molar-refractivity contribution in [2.75, 3.05) is 23.7 Å². The first kappa shape index (κ1) is 34.8. The zero-order valence-electron chi connectivity index (χ0n) is 27.0. The molecule has 0 aliphatic rings. The highest BCUT2D eigenvalue weighted by molar-refractivity contribution is 7.98. The Kier molecular flexibility index (Phi) is 12.5. The van der Waals surface area contributed by atoms with E-state index in [1.54, 1.807) is 36.4 Å². The Hall–Kier alpha value is -4.08. The molecule has 0 fully saturated rings. The molecule has 4 aromatic carbocycles. The van der Waals surface area contributed by atoms with Gasteiger partial charge < -0.3 is 10.2 Å². The molecule has 1 atom stereocenters. The van der Waals surface area contributed by atoms with E-state index >= 15 is 0 Å². The summed E-state index contributed by atoms with van der Waals surface area (Å²) >= 11 is 1.52. The lowest BCUT2D eigenvalue weighted by molar-refractivity contribution is -0.140. The third-order valence-corrected chi connectivity index (χ3v) is 10.4. The molecule has 0 saturated heterocycles. The lowest BCUT2D eigenvalue weighted by Crippen LogP contribution is -2.53. The molecule has 0 bridgehead atoms. The lowest BCUT2D eigenvalue weighted by atomic mass is 10.0. The van der Waals surface area contributed by atoms with Crippen LogP contribution in [0.4, 0.5) is 5.69 Å². The van der Waals surface area contributed by atoms with E-state index < -0.39 is 28.5 Å². The van der Waals surface area contributed by atoms with Crippen LogP contribution >= 0.6 is 11.8 Å². The second-order valence-corrected chi connectivity index (χ2v) is 14.1. The standard InChI is InChI=1S/C37H43N3O4S2/c1-5-6-24-38-37(42)35(25-30-10-8-7-9-11-30)39(26-31-16-12-28(2)13-17-31)36(41)27-40(32-18-14-29(3)15-19-32)46(43,44)34-22-20-33(45-4)21-23-34/h7-23,35H,5-6,24-27H2,1-4H3,(H,38,42)/t35-/m1/s1. The number of sulfonamides is 1. The van der Waals surface area contributed by atoms with Gasteiger partial charge >= 0.3 is 0 Å². The van der Waals surface area contributed by atoms with Crippen LogP contribution in [-0.2, 0) is 32.6 Å². The van der Waals surface area contributed by atoms with Crippen LogP contribution < -0.4 is 9.62 Å². The van der Waals surface area contributed by atoms with Gasteiger partial charge in [0.25, 0.3) is 10.0 Å². The number of hydrogen-bond donors (Lipinski definition) is 1. The topological polar surface area (TPSA) is 86.8 Å². The Balaban J connectivity index is 1.78. The molecule has 242 valence electrons. The van der Waals surface area contributed by atoms with Crippen molar-refractivity contribution in [3.8, 4) is 0 Å². The summed E-state index contributed by atoms with van der Waals surface area (Å²) in [5.41, 5.74) is 4.15. The van der Waals surface area contributed by atoms with E-state index in [9.17, 15) is 18.0 Å². The van der Waals surface area contributed by atoms with Gasteiger partial charge in [-0.25, -0.2) is 8.42 Å². The van der Waals surface area contributed by atoms with E-state index in [0.29, 0.717) is 12.2 Å². The van der Waals surface area contributed by atoms with Gasteiger partial charge in [0.05, 0.1) is 10.6 Å². The summed E-state index contributed by atoms with van der Waals surface area (Å²) in [6.07, 6.45) is 3.93. The van der Waals surface area contributed by atoms with Crippen LogP contribution in [0, 0.1) is 13.8 Å². The maximum atomic E-state index is 14.5. The first-order valence-corrected chi connectivity index (χ1v) is 18.2. The first-order valence-electron chi connectivity index (χ1n) is 15.5. The number of unbranched alkanes of at least 4 members (excludes halogenated alkanes) is 1. The van der Waals surface area contributed by atoms with Crippen molar-refractivity contribution in [1.82, 2.24) is 10.2 Å². The highest BCUT2D eigenvalue weighted by Gasteiger charge is 2.34. The van der Waals surface area contributed by atoms with Crippen molar-refractivity contribution in [3.05, 3.63) is 125 Å². The first-order chi connectivity index (χ1) is 22.1. The van der Waals surface area contributed by atoms with E-state index in [1.165, 1.54) is 16.7 Å². The van der Waals surface area contributed by atoms with E-state index in [2.05, 4.69) is 12.2 Å². The smallest absolute Gasteiger partial charge is 0.264 e. The zero-order valence-corrected chi connectivity index (χ0v) is 28.6. The SMILES string of the molecule is CCCCNC(=O)[C@@H](Cc1ccccc1)N(Cc1ccc(C)cc1)C(=O)CN(c1ccc(C)cc1)S(=O)(=O)c1ccc(SC)cc1. The second kappa shape index (κ2) is 16.5. The molecule has 0 spiro atoms. The van der Waals surface area contributed by atoms with Gasteiger partial charge in [0, 0.05) is 24.4 Å². The van der Waals surface area contributed by atoms with Crippen LogP contribution in [0.15, 0.2) is 113 Å². The van der Waals surface area contributed by atoms with Crippen molar-refractivity contribution < 1.29 is 18.0 Å². The minimum Gasteiger partial charge on any atom is -0.354 e. The highest BCUT2D eigenvalue weighted by Crippen LogP contribution is 2.27. The van der Waals surface area contributed by atoms with Crippen molar-refractivity contribution in [2.45, 2.75) is 62.4 Å². The Morgan fingerprint density at radius 3 is 2.00 bits per heavy atom.